The van der Waals surface area contributed by atoms with Gasteiger partial charge in [0.05, 0.1) is 6.61 Å². The molecular formula is C14H19N3O3. The van der Waals surface area contributed by atoms with Crippen LogP contribution in [0.2, 0.25) is 0 Å². The average Bonchev–Trinajstić information content (AvgIpc) is 2.81. The van der Waals surface area contributed by atoms with Crippen molar-refractivity contribution in [2.45, 2.75) is 31.8 Å². The number of oxazole rings is 1. The third-order valence-electron chi connectivity index (χ3n) is 3.99. The van der Waals surface area contributed by atoms with Crippen LogP contribution in [0.3, 0.4) is 0 Å². The molecule has 1 fully saturated rings. The van der Waals surface area contributed by atoms with Gasteiger partial charge in [0.15, 0.2) is 11.2 Å². The van der Waals surface area contributed by atoms with Crippen molar-refractivity contribution < 1.29 is 9.52 Å². The van der Waals surface area contributed by atoms with E-state index < -0.39 is 0 Å². The number of aliphatic hydroxyl groups excluding tert-OH is 1. The van der Waals surface area contributed by atoms with E-state index in [9.17, 15) is 9.90 Å². The van der Waals surface area contributed by atoms with Gasteiger partial charge in [-0.05, 0) is 31.5 Å². The topological polar surface area (TPSA) is 71.5 Å². The van der Waals surface area contributed by atoms with E-state index in [0.29, 0.717) is 17.8 Å². The minimum Gasteiger partial charge on any atom is -0.406 e. The molecule has 1 N–H and O–H groups in total. The Morgan fingerprint density at radius 1 is 1.40 bits per heavy atom. The van der Waals surface area contributed by atoms with Gasteiger partial charge in [0, 0.05) is 25.3 Å². The fourth-order valence-corrected chi connectivity index (χ4v) is 2.89. The van der Waals surface area contributed by atoms with Crippen LogP contribution in [0, 0.1) is 0 Å². The van der Waals surface area contributed by atoms with Crippen molar-refractivity contribution in [2.75, 3.05) is 19.7 Å². The Balaban J connectivity index is 1.76. The highest BCUT2D eigenvalue weighted by Gasteiger charge is 2.22. The maximum Gasteiger partial charge on any atom is 0.421 e. The third kappa shape index (κ3) is 2.48. The summed E-state index contributed by atoms with van der Waals surface area (Å²) in [6.07, 6.45) is 4.99. The lowest BCUT2D eigenvalue weighted by molar-refractivity contribution is 0.0869. The van der Waals surface area contributed by atoms with Crippen molar-refractivity contribution >= 4 is 11.2 Å². The number of aromatic nitrogens is 2. The number of likely N-dealkylation sites (tertiary alicyclic amines) is 1. The number of rotatable bonds is 4. The maximum absolute atomic E-state index is 11.9. The molecule has 2 aromatic rings. The molecule has 6 heteroatoms. The van der Waals surface area contributed by atoms with Gasteiger partial charge in [0.1, 0.15) is 0 Å². The molecule has 1 atom stereocenters. The maximum atomic E-state index is 11.9. The second-order valence-electron chi connectivity index (χ2n) is 5.21. The van der Waals surface area contributed by atoms with Crippen LogP contribution in [0.4, 0.5) is 0 Å². The van der Waals surface area contributed by atoms with Crippen LogP contribution in [0.25, 0.3) is 11.2 Å². The fraction of sp³-hybridized carbons (Fsp3) is 0.571. The molecule has 1 saturated heterocycles. The molecule has 0 radical (unpaired) electrons. The second kappa shape index (κ2) is 5.76. The first-order valence-electron chi connectivity index (χ1n) is 7.09. The van der Waals surface area contributed by atoms with Crippen molar-refractivity contribution in [2.24, 2.45) is 0 Å². The number of pyridine rings is 1. The zero-order valence-electron chi connectivity index (χ0n) is 11.4. The van der Waals surface area contributed by atoms with Crippen LogP contribution in [0.1, 0.15) is 19.3 Å². The van der Waals surface area contributed by atoms with Crippen molar-refractivity contribution in [3.8, 4) is 0 Å². The van der Waals surface area contributed by atoms with Gasteiger partial charge in [-0.1, -0.05) is 6.42 Å². The fourth-order valence-electron chi connectivity index (χ4n) is 2.89. The summed E-state index contributed by atoms with van der Waals surface area (Å²) in [7, 11) is 0. The predicted octanol–water partition coefficient (Wildman–Crippen LogP) is 0.836. The third-order valence-corrected chi connectivity index (χ3v) is 3.99. The molecule has 0 aliphatic carbocycles. The number of nitrogens with zero attached hydrogens (tertiary/aromatic N) is 3. The highest BCUT2D eigenvalue weighted by Crippen LogP contribution is 2.16. The van der Waals surface area contributed by atoms with E-state index >= 15 is 0 Å². The van der Waals surface area contributed by atoms with Gasteiger partial charge in [-0.3, -0.25) is 9.47 Å². The van der Waals surface area contributed by atoms with E-state index in [1.165, 1.54) is 0 Å². The Hall–Kier alpha value is -1.66. The lowest BCUT2D eigenvalue weighted by atomic mass is 10.0. The van der Waals surface area contributed by atoms with E-state index in [2.05, 4.69) is 9.88 Å². The molecule has 2 aromatic heterocycles. The minimum absolute atomic E-state index is 0.180. The molecule has 108 valence electrons. The van der Waals surface area contributed by atoms with Gasteiger partial charge in [-0.25, -0.2) is 9.78 Å². The molecule has 1 aliphatic heterocycles. The first-order valence-corrected chi connectivity index (χ1v) is 7.09. The van der Waals surface area contributed by atoms with Gasteiger partial charge in [-0.2, -0.15) is 0 Å². The van der Waals surface area contributed by atoms with Crippen LogP contribution in [-0.4, -0.2) is 45.3 Å². The molecule has 0 spiro atoms. The lowest BCUT2D eigenvalue weighted by Crippen LogP contribution is -2.43. The zero-order valence-corrected chi connectivity index (χ0v) is 11.4. The largest absolute Gasteiger partial charge is 0.421 e. The number of piperidine rings is 1. The van der Waals surface area contributed by atoms with Crippen LogP contribution < -0.4 is 5.76 Å². The van der Waals surface area contributed by atoms with E-state index in [1.54, 1.807) is 22.9 Å². The molecule has 3 rings (SSSR count). The minimum atomic E-state index is -0.365. The Morgan fingerprint density at radius 2 is 2.30 bits per heavy atom. The number of hydrogen-bond acceptors (Lipinski definition) is 5. The van der Waals surface area contributed by atoms with Gasteiger partial charge >= 0.3 is 5.76 Å². The monoisotopic (exact) mass is 277 g/mol. The standard InChI is InChI=1S/C14H19N3O3/c18-10-11-4-1-2-7-16(11)8-9-17-13-12(20-14(17)19)5-3-6-15-13/h3,5-6,11,18H,1-2,4,7-10H2/t11-/m1/s1. The molecule has 6 nitrogen and oxygen atoms in total. The van der Waals surface area contributed by atoms with Gasteiger partial charge in [0.2, 0.25) is 0 Å². The van der Waals surface area contributed by atoms with E-state index in [1.807, 2.05) is 0 Å². The van der Waals surface area contributed by atoms with Crippen molar-refractivity contribution in [1.29, 1.82) is 0 Å². The lowest BCUT2D eigenvalue weighted by Gasteiger charge is -2.34. The predicted molar refractivity (Wildman–Crippen MR) is 74.6 cm³/mol. The van der Waals surface area contributed by atoms with E-state index in [0.717, 1.165) is 32.4 Å². The summed E-state index contributed by atoms with van der Waals surface area (Å²) < 4.78 is 6.74. The summed E-state index contributed by atoms with van der Waals surface area (Å²) in [6.45, 7) is 2.43. The van der Waals surface area contributed by atoms with Crippen LogP contribution in [0.5, 0.6) is 0 Å². The molecule has 0 aromatic carbocycles. The van der Waals surface area contributed by atoms with Crippen LogP contribution in [-0.2, 0) is 6.54 Å². The van der Waals surface area contributed by atoms with Crippen LogP contribution in [0.15, 0.2) is 27.5 Å². The number of fused-ring (bicyclic) bond motifs is 1. The molecule has 0 unspecified atom stereocenters. The highest BCUT2D eigenvalue weighted by atomic mass is 16.4. The van der Waals surface area contributed by atoms with Gasteiger partial charge in [0.25, 0.3) is 0 Å². The normalized spacial score (nSPS) is 20.6. The quantitative estimate of drug-likeness (QED) is 0.896. The number of hydrogen-bond donors (Lipinski definition) is 1. The smallest absolute Gasteiger partial charge is 0.406 e. The van der Waals surface area contributed by atoms with Gasteiger partial charge < -0.3 is 9.52 Å². The summed E-state index contributed by atoms with van der Waals surface area (Å²) in [5, 5.41) is 9.40. The Morgan fingerprint density at radius 3 is 3.15 bits per heavy atom. The summed E-state index contributed by atoms with van der Waals surface area (Å²) in [5.74, 6) is -0.365. The first-order chi connectivity index (χ1) is 9.79. The summed E-state index contributed by atoms with van der Waals surface area (Å²) >= 11 is 0. The highest BCUT2D eigenvalue weighted by molar-refractivity contribution is 5.67. The molecule has 20 heavy (non-hydrogen) atoms. The molecule has 0 bridgehead atoms. The van der Waals surface area contributed by atoms with Gasteiger partial charge in [-0.15, -0.1) is 0 Å². The van der Waals surface area contributed by atoms with Crippen molar-refractivity contribution in [3.63, 3.8) is 0 Å². The van der Waals surface area contributed by atoms with E-state index in [4.69, 9.17) is 4.42 Å². The molecular weight excluding hydrogens is 258 g/mol. The zero-order chi connectivity index (χ0) is 13.9. The molecule has 3 heterocycles. The average molecular weight is 277 g/mol. The summed E-state index contributed by atoms with van der Waals surface area (Å²) in [5.41, 5.74) is 1.12. The molecule has 1 aliphatic rings. The molecule has 0 saturated carbocycles. The van der Waals surface area contributed by atoms with Crippen molar-refractivity contribution in [3.05, 3.63) is 28.9 Å². The first kappa shape index (κ1) is 13.3. The SMILES string of the molecule is O=c1oc2cccnc2n1CCN1CCCC[C@@H]1CO. The van der Waals surface area contributed by atoms with Crippen molar-refractivity contribution in [1.82, 2.24) is 14.5 Å². The molecule has 0 amide bonds. The summed E-state index contributed by atoms with van der Waals surface area (Å²) in [4.78, 5) is 18.3. The Bertz CT molecular complexity index is 634. The number of aliphatic hydroxyl groups is 1. The Kier molecular flexibility index (Phi) is 3.84. The second-order valence-corrected chi connectivity index (χ2v) is 5.21. The van der Waals surface area contributed by atoms with Crippen LogP contribution >= 0.6 is 0 Å². The summed E-state index contributed by atoms with van der Waals surface area (Å²) in [6, 6.07) is 3.71. The van der Waals surface area contributed by atoms with E-state index in [-0.39, 0.29) is 18.4 Å². The Labute approximate surface area is 116 Å².